The summed E-state index contributed by atoms with van der Waals surface area (Å²) in [5.41, 5.74) is 4.08. The summed E-state index contributed by atoms with van der Waals surface area (Å²) in [6.45, 7) is 0.694. The lowest BCUT2D eigenvalue weighted by Gasteiger charge is -2.23. The number of halogens is 1. The maximum absolute atomic E-state index is 13.0. The summed E-state index contributed by atoms with van der Waals surface area (Å²) in [4.78, 5) is 12.5. The zero-order valence-electron chi connectivity index (χ0n) is 13.9. The second-order valence-electron chi connectivity index (χ2n) is 6.60. The Morgan fingerprint density at radius 2 is 1.96 bits per heavy atom. The zero-order valence-corrected chi connectivity index (χ0v) is 13.9. The quantitative estimate of drug-likeness (QED) is 0.915. The third-order valence-electron chi connectivity index (χ3n) is 4.91. The fourth-order valence-electron chi connectivity index (χ4n) is 3.49. The van der Waals surface area contributed by atoms with Crippen molar-refractivity contribution in [3.05, 3.63) is 71.0 Å². The Labute approximate surface area is 146 Å². The molecule has 128 valence electrons. The van der Waals surface area contributed by atoms with Crippen molar-refractivity contribution in [2.24, 2.45) is 0 Å². The molecule has 4 heteroatoms. The second-order valence-corrected chi connectivity index (χ2v) is 6.60. The molecular formula is C21H20FNO2. The van der Waals surface area contributed by atoms with E-state index < -0.39 is 0 Å². The lowest BCUT2D eigenvalue weighted by Crippen LogP contribution is -2.35. The Morgan fingerprint density at radius 3 is 2.72 bits per heavy atom. The number of rotatable bonds is 3. The minimum atomic E-state index is -0.218. The van der Waals surface area contributed by atoms with E-state index in [1.807, 2.05) is 30.3 Å². The topological polar surface area (TPSA) is 38.3 Å². The van der Waals surface area contributed by atoms with Crippen molar-refractivity contribution in [3.63, 3.8) is 0 Å². The predicted molar refractivity (Wildman–Crippen MR) is 95.1 cm³/mol. The number of carbonyl (C=O) groups is 1. The molecule has 1 aliphatic carbocycles. The standard InChI is InChI=1S/C21H20FNO2/c22-18-6-1-14(2-7-18)15-3-8-19(9-4-15)23-21(24)17-5-10-20-16(13-17)11-12-25-20/h1-3,5-7,10,13,19H,4,8-9,11-12H2,(H,23,24)/t19-/m1/s1. The van der Waals surface area contributed by atoms with Crippen LogP contribution in [0.1, 0.15) is 40.7 Å². The van der Waals surface area contributed by atoms with Gasteiger partial charge in [-0.2, -0.15) is 0 Å². The van der Waals surface area contributed by atoms with Crippen molar-refractivity contribution in [3.8, 4) is 5.75 Å². The maximum Gasteiger partial charge on any atom is 0.251 e. The van der Waals surface area contributed by atoms with Gasteiger partial charge in [0.25, 0.3) is 5.91 Å². The van der Waals surface area contributed by atoms with E-state index in [0.717, 1.165) is 42.6 Å². The van der Waals surface area contributed by atoms with Gasteiger partial charge in [-0.25, -0.2) is 4.39 Å². The highest BCUT2D eigenvalue weighted by atomic mass is 19.1. The Bertz CT molecular complexity index is 826. The Balaban J connectivity index is 1.39. The molecule has 1 heterocycles. The molecule has 0 aromatic heterocycles. The number of allylic oxidation sites excluding steroid dienone is 1. The fourth-order valence-corrected chi connectivity index (χ4v) is 3.49. The molecule has 1 aliphatic heterocycles. The number of nitrogens with one attached hydrogen (secondary N) is 1. The van der Waals surface area contributed by atoms with Crippen LogP contribution in [-0.4, -0.2) is 18.6 Å². The minimum absolute atomic E-state index is 0.0293. The number of fused-ring (bicyclic) bond motifs is 1. The average Bonchev–Trinajstić information content (AvgIpc) is 3.11. The summed E-state index contributed by atoms with van der Waals surface area (Å²) in [5, 5.41) is 3.12. The molecule has 0 fully saturated rings. The lowest BCUT2D eigenvalue weighted by molar-refractivity contribution is 0.0935. The highest BCUT2D eigenvalue weighted by Crippen LogP contribution is 2.28. The molecule has 4 rings (SSSR count). The van der Waals surface area contributed by atoms with Crippen molar-refractivity contribution in [1.29, 1.82) is 0 Å². The number of amides is 1. The summed E-state index contributed by atoms with van der Waals surface area (Å²) in [5.74, 6) is 0.643. The first-order valence-electron chi connectivity index (χ1n) is 8.70. The van der Waals surface area contributed by atoms with Crippen molar-refractivity contribution < 1.29 is 13.9 Å². The zero-order chi connectivity index (χ0) is 17.2. The van der Waals surface area contributed by atoms with Gasteiger partial charge in [0.1, 0.15) is 11.6 Å². The molecule has 2 aliphatic rings. The predicted octanol–water partition coefficient (Wildman–Crippen LogP) is 4.13. The molecule has 0 radical (unpaired) electrons. The van der Waals surface area contributed by atoms with Crippen LogP contribution in [0.25, 0.3) is 5.57 Å². The Morgan fingerprint density at radius 1 is 1.12 bits per heavy atom. The SMILES string of the molecule is O=C(N[C@@H]1CC=C(c2ccc(F)cc2)CC1)c1ccc2c(c1)CCO2. The molecule has 0 saturated heterocycles. The summed E-state index contributed by atoms with van der Waals surface area (Å²) >= 11 is 0. The molecule has 1 atom stereocenters. The summed E-state index contributed by atoms with van der Waals surface area (Å²) in [6, 6.07) is 12.4. The van der Waals surface area contributed by atoms with Crippen molar-refractivity contribution in [1.82, 2.24) is 5.32 Å². The molecule has 2 aromatic rings. The summed E-state index contributed by atoms with van der Waals surface area (Å²) in [7, 11) is 0. The van der Waals surface area contributed by atoms with E-state index in [2.05, 4.69) is 11.4 Å². The van der Waals surface area contributed by atoms with E-state index in [4.69, 9.17) is 4.74 Å². The van der Waals surface area contributed by atoms with Crippen LogP contribution in [0.3, 0.4) is 0 Å². The highest BCUT2D eigenvalue weighted by molar-refractivity contribution is 5.95. The van der Waals surface area contributed by atoms with Crippen molar-refractivity contribution in [2.75, 3.05) is 6.61 Å². The van der Waals surface area contributed by atoms with Crippen molar-refractivity contribution >= 4 is 11.5 Å². The van der Waals surface area contributed by atoms with Gasteiger partial charge in [-0.1, -0.05) is 18.2 Å². The maximum atomic E-state index is 13.0. The Kier molecular flexibility index (Phi) is 4.26. The van der Waals surface area contributed by atoms with E-state index in [0.29, 0.717) is 12.2 Å². The van der Waals surface area contributed by atoms with Crippen LogP contribution in [0.15, 0.2) is 48.5 Å². The summed E-state index contributed by atoms with van der Waals surface area (Å²) < 4.78 is 18.5. The van der Waals surface area contributed by atoms with Crippen LogP contribution in [0.2, 0.25) is 0 Å². The molecule has 3 nitrogen and oxygen atoms in total. The van der Waals surface area contributed by atoms with Crippen LogP contribution in [0.4, 0.5) is 4.39 Å². The molecular weight excluding hydrogens is 317 g/mol. The van der Waals surface area contributed by atoms with E-state index >= 15 is 0 Å². The Hall–Kier alpha value is -2.62. The molecule has 0 unspecified atom stereocenters. The first-order valence-corrected chi connectivity index (χ1v) is 8.70. The molecule has 1 N–H and O–H groups in total. The highest BCUT2D eigenvalue weighted by Gasteiger charge is 2.20. The molecule has 0 saturated carbocycles. The van der Waals surface area contributed by atoms with Gasteiger partial charge < -0.3 is 10.1 Å². The molecule has 1 amide bonds. The van der Waals surface area contributed by atoms with Gasteiger partial charge in [0.15, 0.2) is 0 Å². The van der Waals surface area contributed by atoms with E-state index in [9.17, 15) is 9.18 Å². The van der Waals surface area contributed by atoms with Gasteiger partial charge in [0.2, 0.25) is 0 Å². The second kappa shape index (κ2) is 6.71. The van der Waals surface area contributed by atoms with Gasteiger partial charge in [0, 0.05) is 18.0 Å². The van der Waals surface area contributed by atoms with Crippen LogP contribution in [0, 0.1) is 5.82 Å². The molecule has 0 bridgehead atoms. The van der Waals surface area contributed by atoms with Crippen LogP contribution < -0.4 is 10.1 Å². The van der Waals surface area contributed by atoms with Crippen LogP contribution in [0.5, 0.6) is 5.75 Å². The monoisotopic (exact) mass is 337 g/mol. The normalized spacial score (nSPS) is 18.9. The van der Waals surface area contributed by atoms with Gasteiger partial charge in [0.05, 0.1) is 6.61 Å². The number of benzene rings is 2. The first-order chi connectivity index (χ1) is 12.2. The third kappa shape index (κ3) is 3.43. The summed E-state index contributed by atoms with van der Waals surface area (Å²) in [6.07, 6.45) is 5.59. The van der Waals surface area contributed by atoms with Gasteiger partial charge in [-0.15, -0.1) is 0 Å². The molecule has 0 spiro atoms. The fraction of sp³-hybridized carbons (Fsp3) is 0.286. The van der Waals surface area contributed by atoms with Crippen LogP contribution in [-0.2, 0) is 6.42 Å². The van der Waals surface area contributed by atoms with E-state index in [1.54, 1.807) is 0 Å². The first kappa shape index (κ1) is 15.9. The molecule has 2 aromatic carbocycles. The van der Waals surface area contributed by atoms with Crippen molar-refractivity contribution in [2.45, 2.75) is 31.7 Å². The molecule has 25 heavy (non-hydrogen) atoms. The average molecular weight is 337 g/mol. The van der Waals surface area contributed by atoms with Gasteiger partial charge in [-0.3, -0.25) is 4.79 Å². The number of carbonyl (C=O) groups excluding carboxylic acids is 1. The van der Waals surface area contributed by atoms with Gasteiger partial charge >= 0.3 is 0 Å². The largest absolute Gasteiger partial charge is 0.493 e. The van der Waals surface area contributed by atoms with Crippen LogP contribution >= 0.6 is 0 Å². The lowest BCUT2D eigenvalue weighted by atomic mass is 9.90. The third-order valence-corrected chi connectivity index (χ3v) is 4.91. The number of ether oxygens (including phenoxy) is 1. The van der Waals surface area contributed by atoms with E-state index in [1.165, 1.54) is 17.7 Å². The van der Waals surface area contributed by atoms with E-state index in [-0.39, 0.29) is 17.8 Å². The number of hydrogen-bond acceptors (Lipinski definition) is 2. The number of hydrogen-bond donors (Lipinski definition) is 1. The van der Waals surface area contributed by atoms with Gasteiger partial charge in [-0.05, 0) is 66.3 Å². The smallest absolute Gasteiger partial charge is 0.251 e. The minimum Gasteiger partial charge on any atom is -0.493 e.